The van der Waals surface area contributed by atoms with E-state index in [9.17, 15) is 14.4 Å². The van der Waals surface area contributed by atoms with Gasteiger partial charge in [0, 0.05) is 12.8 Å². The summed E-state index contributed by atoms with van der Waals surface area (Å²) in [6.07, 6.45) is 1.01. The van der Waals surface area contributed by atoms with Crippen LogP contribution in [-0.2, 0) is 32.1 Å². The van der Waals surface area contributed by atoms with Crippen molar-refractivity contribution in [3.8, 4) is 5.75 Å². The van der Waals surface area contributed by atoms with Gasteiger partial charge in [0.15, 0.2) is 0 Å². The lowest BCUT2D eigenvalue weighted by molar-refractivity contribution is -0.145. The molecule has 1 aliphatic rings. The number of carbonyl (C=O) groups excluding carboxylic acids is 3. The van der Waals surface area contributed by atoms with E-state index in [1.54, 1.807) is 0 Å². The highest BCUT2D eigenvalue weighted by Crippen LogP contribution is 2.16. The fourth-order valence-corrected chi connectivity index (χ4v) is 3.12. The molecule has 0 saturated carbocycles. The summed E-state index contributed by atoms with van der Waals surface area (Å²) in [5, 5.41) is 5.28. The number of amides is 2. The van der Waals surface area contributed by atoms with Crippen LogP contribution in [0.15, 0.2) is 54.6 Å². The molecule has 1 heterocycles. The highest BCUT2D eigenvalue weighted by Gasteiger charge is 2.30. The SMILES string of the molecule is COC(=O)[C@H](Cc1ccc(OCc2ccccc2)cc1)NC(=O)[C@H]1CCC(=O)N1. The first kappa shape index (κ1) is 20.4. The Labute approximate surface area is 169 Å². The number of carbonyl (C=O) groups is 3. The summed E-state index contributed by atoms with van der Waals surface area (Å²) in [6.45, 7) is 0.466. The summed E-state index contributed by atoms with van der Waals surface area (Å²) < 4.78 is 10.6. The summed E-state index contributed by atoms with van der Waals surface area (Å²) in [5.74, 6) is -0.364. The van der Waals surface area contributed by atoms with Crippen LogP contribution in [0.1, 0.15) is 24.0 Å². The molecule has 152 valence electrons. The molecule has 2 N–H and O–H groups in total. The monoisotopic (exact) mass is 396 g/mol. The zero-order valence-corrected chi connectivity index (χ0v) is 16.2. The lowest BCUT2D eigenvalue weighted by Gasteiger charge is -2.19. The van der Waals surface area contributed by atoms with Crippen molar-refractivity contribution in [2.45, 2.75) is 38.0 Å². The zero-order chi connectivity index (χ0) is 20.6. The van der Waals surface area contributed by atoms with Gasteiger partial charge in [-0.15, -0.1) is 0 Å². The lowest BCUT2D eigenvalue weighted by atomic mass is 10.0. The zero-order valence-electron chi connectivity index (χ0n) is 16.2. The molecule has 1 fully saturated rings. The third kappa shape index (κ3) is 5.81. The highest BCUT2D eigenvalue weighted by atomic mass is 16.5. The molecule has 0 bridgehead atoms. The fraction of sp³-hybridized carbons (Fsp3) is 0.318. The Hall–Kier alpha value is -3.35. The third-order valence-electron chi connectivity index (χ3n) is 4.73. The van der Waals surface area contributed by atoms with E-state index in [0.717, 1.165) is 11.1 Å². The molecule has 1 saturated heterocycles. The molecule has 0 aromatic heterocycles. The van der Waals surface area contributed by atoms with Gasteiger partial charge in [0.1, 0.15) is 24.4 Å². The van der Waals surface area contributed by atoms with E-state index in [1.165, 1.54) is 7.11 Å². The maximum absolute atomic E-state index is 12.3. The van der Waals surface area contributed by atoms with E-state index in [0.29, 0.717) is 25.2 Å². The maximum Gasteiger partial charge on any atom is 0.328 e. The van der Waals surface area contributed by atoms with E-state index in [2.05, 4.69) is 10.6 Å². The quantitative estimate of drug-likeness (QED) is 0.663. The van der Waals surface area contributed by atoms with Gasteiger partial charge in [-0.1, -0.05) is 42.5 Å². The van der Waals surface area contributed by atoms with Crippen molar-refractivity contribution < 1.29 is 23.9 Å². The molecule has 2 aromatic carbocycles. The molecule has 2 amide bonds. The molecule has 0 radical (unpaired) electrons. The Morgan fingerprint density at radius 2 is 1.83 bits per heavy atom. The molecule has 1 aliphatic heterocycles. The van der Waals surface area contributed by atoms with Gasteiger partial charge in [-0.3, -0.25) is 9.59 Å². The predicted molar refractivity (Wildman–Crippen MR) is 106 cm³/mol. The van der Waals surface area contributed by atoms with Crippen LogP contribution in [0.2, 0.25) is 0 Å². The number of nitrogens with one attached hydrogen (secondary N) is 2. The van der Waals surface area contributed by atoms with Crippen LogP contribution >= 0.6 is 0 Å². The standard InChI is InChI=1S/C22H24N2O5/c1-28-22(27)19(24-21(26)18-11-12-20(25)23-18)13-15-7-9-17(10-8-15)29-14-16-5-3-2-4-6-16/h2-10,18-19H,11-14H2,1H3,(H,23,25)(H,24,26)/t18-,19+/m1/s1. The smallest absolute Gasteiger partial charge is 0.328 e. The van der Waals surface area contributed by atoms with Crippen LogP contribution in [0, 0.1) is 0 Å². The van der Waals surface area contributed by atoms with Gasteiger partial charge in [-0.25, -0.2) is 4.79 Å². The molecule has 0 unspecified atom stereocenters. The minimum absolute atomic E-state index is 0.161. The Morgan fingerprint density at radius 1 is 1.10 bits per heavy atom. The van der Waals surface area contributed by atoms with Crippen molar-refractivity contribution in [1.82, 2.24) is 10.6 Å². The first-order valence-electron chi connectivity index (χ1n) is 9.48. The van der Waals surface area contributed by atoms with E-state index in [-0.39, 0.29) is 18.2 Å². The number of hydrogen-bond donors (Lipinski definition) is 2. The number of rotatable bonds is 8. The molecule has 0 spiro atoms. The molecular formula is C22H24N2O5. The van der Waals surface area contributed by atoms with Gasteiger partial charge in [0.2, 0.25) is 11.8 Å². The second-order valence-electron chi connectivity index (χ2n) is 6.87. The number of methoxy groups -OCH3 is 1. The van der Waals surface area contributed by atoms with Gasteiger partial charge >= 0.3 is 5.97 Å². The summed E-state index contributed by atoms with van der Waals surface area (Å²) in [4.78, 5) is 35.7. The molecule has 2 aromatic rings. The van der Waals surface area contributed by atoms with Crippen LogP contribution in [0.4, 0.5) is 0 Å². The minimum atomic E-state index is -0.832. The summed E-state index contributed by atoms with van der Waals surface area (Å²) in [6, 6.07) is 15.8. The van der Waals surface area contributed by atoms with Gasteiger partial charge < -0.3 is 20.1 Å². The first-order valence-corrected chi connectivity index (χ1v) is 9.48. The number of esters is 1. The van der Waals surface area contributed by atoms with E-state index >= 15 is 0 Å². The van der Waals surface area contributed by atoms with E-state index in [4.69, 9.17) is 9.47 Å². The van der Waals surface area contributed by atoms with Crippen molar-refractivity contribution in [2.75, 3.05) is 7.11 Å². The average Bonchev–Trinajstić information content (AvgIpc) is 3.19. The molecule has 3 rings (SSSR count). The fourth-order valence-electron chi connectivity index (χ4n) is 3.12. The van der Waals surface area contributed by atoms with Crippen molar-refractivity contribution in [1.29, 1.82) is 0 Å². The van der Waals surface area contributed by atoms with Crippen LogP contribution < -0.4 is 15.4 Å². The number of ether oxygens (including phenoxy) is 2. The summed E-state index contributed by atoms with van der Waals surface area (Å²) in [7, 11) is 1.28. The Bertz CT molecular complexity index is 851. The van der Waals surface area contributed by atoms with Gasteiger partial charge in [-0.05, 0) is 29.7 Å². The molecule has 2 atom stereocenters. The molecule has 0 aliphatic carbocycles. The van der Waals surface area contributed by atoms with E-state index in [1.807, 2.05) is 54.6 Å². The van der Waals surface area contributed by atoms with Crippen molar-refractivity contribution in [3.05, 3.63) is 65.7 Å². The Kier molecular flexibility index (Phi) is 6.84. The molecular weight excluding hydrogens is 372 g/mol. The van der Waals surface area contributed by atoms with E-state index < -0.39 is 18.1 Å². The largest absolute Gasteiger partial charge is 0.489 e. The number of benzene rings is 2. The minimum Gasteiger partial charge on any atom is -0.489 e. The van der Waals surface area contributed by atoms with Crippen molar-refractivity contribution >= 4 is 17.8 Å². The van der Waals surface area contributed by atoms with Crippen molar-refractivity contribution in [2.24, 2.45) is 0 Å². The summed E-state index contributed by atoms with van der Waals surface area (Å²) >= 11 is 0. The van der Waals surface area contributed by atoms with Gasteiger partial charge in [-0.2, -0.15) is 0 Å². The van der Waals surface area contributed by atoms with Gasteiger partial charge in [0.05, 0.1) is 7.11 Å². The topological polar surface area (TPSA) is 93.7 Å². The lowest BCUT2D eigenvalue weighted by Crippen LogP contribution is -2.49. The van der Waals surface area contributed by atoms with Gasteiger partial charge in [0.25, 0.3) is 0 Å². The van der Waals surface area contributed by atoms with Crippen LogP contribution in [-0.4, -0.2) is 37.0 Å². The summed E-state index contributed by atoms with van der Waals surface area (Å²) in [5.41, 5.74) is 1.92. The maximum atomic E-state index is 12.3. The van der Waals surface area contributed by atoms with Crippen LogP contribution in [0.25, 0.3) is 0 Å². The molecule has 7 nitrogen and oxygen atoms in total. The first-order chi connectivity index (χ1) is 14.0. The third-order valence-corrected chi connectivity index (χ3v) is 4.73. The Balaban J connectivity index is 1.58. The highest BCUT2D eigenvalue weighted by molar-refractivity contribution is 5.93. The molecule has 29 heavy (non-hydrogen) atoms. The second kappa shape index (κ2) is 9.73. The predicted octanol–water partition coefficient (Wildman–Crippen LogP) is 1.74. The van der Waals surface area contributed by atoms with Crippen LogP contribution in [0.3, 0.4) is 0 Å². The average molecular weight is 396 g/mol. The van der Waals surface area contributed by atoms with Crippen molar-refractivity contribution in [3.63, 3.8) is 0 Å². The second-order valence-corrected chi connectivity index (χ2v) is 6.87. The molecule has 7 heteroatoms. The Morgan fingerprint density at radius 3 is 2.45 bits per heavy atom. The van der Waals surface area contributed by atoms with Crippen LogP contribution in [0.5, 0.6) is 5.75 Å². The normalized spacial score (nSPS) is 16.6. The number of hydrogen-bond acceptors (Lipinski definition) is 5.